The molecule has 11 heavy (non-hydrogen) atoms. The lowest BCUT2D eigenvalue weighted by Crippen LogP contribution is -2.30. The van der Waals surface area contributed by atoms with Crippen molar-refractivity contribution in [1.29, 1.82) is 0 Å². The molecule has 1 aliphatic carbocycles. The first kappa shape index (κ1) is 7.56. The zero-order valence-electron chi connectivity index (χ0n) is 7.43. The number of rotatable bonds is 1. The fraction of sp³-hybridized carbons (Fsp3) is 1.00. The highest BCUT2D eigenvalue weighted by atomic mass is 15.0. The van der Waals surface area contributed by atoms with Gasteiger partial charge < -0.3 is 11.1 Å². The number of hydrogen-bond acceptors (Lipinski definition) is 2. The van der Waals surface area contributed by atoms with Crippen LogP contribution in [0.4, 0.5) is 0 Å². The van der Waals surface area contributed by atoms with Gasteiger partial charge in [-0.25, -0.2) is 0 Å². The zero-order chi connectivity index (χ0) is 8.06. The molecule has 0 amide bonds. The molecule has 64 valence electrons. The van der Waals surface area contributed by atoms with Gasteiger partial charge in [0, 0.05) is 18.6 Å². The Morgan fingerprint density at radius 3 is 2.55 bits per heavy atom. The topological polar surface area (TPSA) is 38.0 Å². The van der Waals surface area contributed by atoms with Crippen molar-refractivity contribution in [2.75, 3.05) is 6.54 Å². The van der Waals surface area contributed by atoms with E-state index in [2.05, 4.69) is 19.2 Å². The van der Waals surface area contributed by atoms with Crippen molar-refractivity contribution < 1.29 is 0 Å². The summed E-state index contributed by atoms with van der Waals surface area (Å²) in [4.78, 5) is 0. The predicted molar refractivity (Wildman–Crippen MR) is 46.3 cm³/mol. The summed E-state index contributed by atoms with van der Waals surface area (Å²) in [5, 5.41) is 3.51. The Bertz CT molecular complexity index is 169. The normalized spacial score (nSPS) is 56.5. The van der Waals surface area contributed by atoms with Crippen molar-refractivity contribution >= 4 is 0 Å². The van der Waals surface area contributed by atoms with Gasteiger partial charge in [-0.2, -0.15) is 0 Å². The molecule has 0 bridgehead atoms. The lowest BCUT2D eigenvalue weighted by atomic mass is 9.94. The van der Waals surface area contributed by atoms with Gasteiger partial charge >= 0.3 is 0 Å². The molecule has 2 aliphatic rings. The molecular weight excluding hydrogens is 136 g/mol. The van der Waals surface area contributed by atoms with Gasteiger partial charge in [0.2, 0.25) is 0 Å². The minimum Gasteiger partial charge on any atom is -0.326 e. The first-order valence-electron chi connectivity index (χ1n) is 4.62. The summed E-state index contributed by atoms with van der Waals surface area (Å²) < 4.78 is 0. The second kappa shape index (κ2) is 2.20. The highest BCUT2D eigenvalue weighted by molar-refractivity contribution is 5.07. The second-order valence-electron chi connectivity index (χ2n) is 4.57. The summed E-state index contributed by atoms with van der Waals surface area (Å²) >= 11 is 0. The van der Waals surface area contributed by atoms with Gasteiger partial charge in [-0.3, -0.25) is 0 Å². The van der Waals surface area contributed by atoms with Crippen molar-refractivity contribution in [1.82, 2.24) is 5.32 Å². The SMILES string of the molecule is CC1CC1(C)C1CC(N)CN1. The Balaban J connectivity index is 1.97. The molecule has 1 saturated heterocycles. The van der Waals surface area contributed by atoms with E-state index in [4.69, 9.17) is 5.73 Å². The van der Waals surface area contributed by atoms with Crippen LogP contribution in [0, 0.1) is 11.3 Å². The van der Waals surface area contributed by atoms with E-state index in [1.54, 1.807) is 0 Å². The lowest BCUT2D eigenvalue weighted by molar-refractivity contribution is 0.369. The molecule has 0 aromatic rings. The van der Waals surface area contributed by atoms with Crippen LogP contribution in [-0.2, 0) is 0 Å². The Kier molecular flexibility index (Phi) is 1.52. The molecule has 1 saturated carbocycles. The number of nitrogens with two attached hydrogens (primary N) is 1. The van der Waals surface area contributed by atoms with Gasteiger partial charge in [-0.05, 0) is 24.2 Å². The van der Waals surface area contributed by atoms with E-state index in [-0.39, 0.29) is 0 Å². The molecule has 0 aromatic heterocycles. The number of nitrogens with one attached hydrogen (secondary N) is 1. The van der Waals surface area contributed by atoms with Crippen LogP contribution in [0.5, 0.6) is 0 Å². The highest BCUT2D eigenvalue weighted by Gasteiger charge is 2.53. The largest absolute Gasteiger partial charge is 0.326 e. The molecule has 1 aliphatic heterocycles. The smallest absolute Gasteiger partial charge is 0.0180 e. The van der Waals surface area contributed by atoms with Gasteiger partial charge in [0.05, 0.1) is 0 Å². The summed E-state index contributed by atoms with van der Waals surface area (Å²) in [6.07, 6.45) is 2.57. The van der Waals surface area contributed by atoms with Gasteiger partial charge in [-0.15, -0.1) is 0 Å². The molecule has 0 aromatic carbocycles. The van der Waals surface area contributed by atoms with Gasteiger partial charge in [0.1, 0.15) is 0 Å². The molecule has 0 radical (unpaired) electrons. The molecule has 2 fully saturated rings. The highest BCUT2D eigenvalue weighted by Crippen LogP contribution is 2.55. The summed E-state index contributed by atoms with van der Waals surface area (Å²) in [6, 6.07) is 1.11. The van der Waals surface area contributed by atoms with Crippen molar-refractivity contribution in [2.24, 2.45) is 17.1 Å². The Morgan fingerprint density at radius 1 is 1.55 bits per heavy atom. The quantitative estimate of drug-likeness (QED) is 0.584. The lowest BCUT2D eigenvalue weighted by Gasteiger charge is -2.18. The minimum atomic E-state index is 0.407. The summed E-state index contributed by atoms with van der Waals surface area (Å²) in [6.45, 7) is 5.74. The van der Waals surface area contributed by atoms with E-state index in [1.165, 1.54) is 12.8 Å². The van der Waals surface area contributed by atoms with Gasteiger partial charge in [-0.1, -0.05) is 13.8 Å². The summed E-state index contributed by atoms with van der Waals surface area (Å²) in [5.41, 5.74) is 6.41. The van der Waals surface area contributed by atoms with Crippen molar-refractivity contribution in [3.05, 3.63) is 0 Å². The van der Waals surface area contributed by atoms with Crippen LogP contribution in [0.3, 0.4) is 0 Å². The minimum absolute atomic E-state index is 0.407. The first-order valence-corrected chi connectivity index (χ1v) is 4.62. The maximum absolute atomic E-state index is 5.83. The molecule has 4 atom stereocenters. The molecule has 0 spiro atoms. The van der Waals surface area contributed by atoms with Crippen LogP contribution in [0.15, 0.2) is 0 Å². The fourth-order valence-electron chi connectivity index (χ4n) is 2.35. The summed E-state index contributed by atoms with van der Waals surface area (Å²) in [7, 11) is 0. The van der Waals surface area contributed by atoms with Crippen LogP contribution in [0.1, 0.15) is 26.7 Å². The molecular formula is C9H18N2. The second-order valence-corrected chi connectivity index (χ2v) is 4.57. The predicted octanol–water partition coefficient (Wildman–Crippen LogP) is 0.722. The molecule has 2 heteroatoms. The molecule has 3 N–H and O–H groups in total. The maximum atomic E-state index is 5.83. The molecule has 1 heterocycles. The molecule has 2 nitrogen and oxygen atoms in total. The van der Waals surface area contributed by atoms with Crippen molar-refractivity contribution in [3.63, 3.8) is 0 Å². The van der Waals surface area contributed by atoms with Crippen LogP contribution < -0.4 is 11.1 Å². The van der Waals surface area contributed by atoms with E-state index in [1.807, 2.05) is 0 Å². The third kappa shape index (κ3) is 1.09. The summed E-state index contributed by atoms with van der Waals surface area (Å²) in [5.74, 6) is 0.908. The van der Waals surface area contributed by atoms with E-state index in [0.717, 1.165) is 12.5 Å². The zero-order valence-corrected chi connectivity index (χ0v) is 7.43. The maximum Gasteiger partial charge on any atom is 0.0180 e. The van der Waals surface area contributed by atoms with E-state index < -0.39 is 0 Å². The average molecular weight is 154 g/mol. The first-order chi connectivity index (χ1) is 5.13. The van der Waals surface area contributed by atoms with Crippen molar-refractivity contribution in [2.45, 2.75) is 38.8 Å². The average Bonchev–Trinajstić information content (AvgIpc) is 2.44. The number of hydrogen-bond donors (Lipinski definition) is 2. The van der Waals surface area contributed by atoms with Crippen LogP contribution in [-0.4, -0.2) is 18.6 Å². The van der Waals surface area contributed by atoms with Gasteiger partial charge in [0.25, 0.3) is 0 Å². The van der Waals surface area contributed by atoms with Gasteiger partial charge in [0.15, 0.2) is 0 Å². The molecule has 2 rings (SSSR count). The third-order valence-corrected chi connectivity index (χ3v) is 3.67. The van der Waals surface area contributed by atoms with Crippen LogP contribution in [0.2, 0.25) is 0 Å². The van der Waals surface area contributed by atoms with E-state index >= 15 is 0 Å². The van der Waals surface area contributed by atoms with Crippen LogP contribution >= 0.6 is 0 Å². The van der Waals surface area contributed by atoms with E-state index in [0.29, 0.717) is 17.5 Å². The Hall–Kier alpha value is -0.0800. The van der Waals surface area contributed by atoms with E-state index in [9.17, 15) is 0 Å². The molecule has 4 unspecified atom stereocenters. The monoisotopic (exact) mass is 154 g/mol. The van der Waals surface area contributed by atoms with Crippen molar-refractivity contribution in [3.8, 4) is 0 Å². The van der Waals surface area contributed by atoms with Crippen LogP contribution in [0.25, 0.3) is 0 Å². The third-order valence-electron chi connectivity index (χ3n) is 3.67. The Labute approximate surface area is 68.5 Å². The Morgan fingerprint density at radius 2 is 2.18 bits per heavy atom. The fourth-order valence-corrected chi connectivity index (χ4v) is 2.35. The standard InChI is InChI=1S/C9H18N2/c1-6-4-9(6,2)8-3-7(10)5-11-8/h6-8,11H,3-5,10H2,1-2H3.